The smallest absolute Gasteiger partial charge is 0.358 e. The molecule has 0 aliphatic rings. The van der Waals surface area contributed by atoms with E-state index in [-0.39, 0.29) is 17.2 Å². The Kier molecular flexibility index (Phi) is 5.98. The summed E-state index contributed by atoms with van der Waals surface area (Å²) in [6.45, 7) is 0. The van der Waals surface area contributed by atoms with Gasteiger partial charge >= 0.3 is 5.97 Å². The van der Waals surface area contributed by atoms with E-state index < -0.39 is 11.8 Å². The Labute approximate surface area is 167 Å². The second kappa shape index (κ2) is 8.41. The molecule has 5 nitrogen and oxygen atoms in total. The van der Waals surface area contributed by atoms with Crippen LogP contribution in [0.2, 0.25) is 0 Å². The maximum Gasteiger partial charge on any atom is 0.358 e. The molecule has 2 aromatic carbocycles. The van der Waals surface area contributed by atoms with E-state index in [1.807, 2.05) is 24.3 Å². The number of halogens is 2. The lowest BCUT2D eigenvalue weighted by atomic mass is 10.3. The van der Waals surface area contributed by atoms with Crippen LogP contribution in [-0.2, 0) is 0 Å². The first-order valence-electron chi connectivity index (χ1n) is 7.64. The molecule has 1 heterocycles. The molecule has 0 radical (unpaired) electrons. The van der Waals surface area contributed by atoms with Gasteiger partial charge < -0.3 is 14.6 Å². The number of aromatic carboxylic acids is 1. The third kappa shape index (κ3) is 4.78. The van der Waals surface area contributed by atoms with Crippen LogP contribution in [0.3, 0.4) is 0 Å². The molecule has 0 fully saturated rings. The van der Waals surface area contributed by atoms with E-state index in [9.17, 15) is 14.3 Å². The first-order valence-corrected chi connectivity index (χ1v) is 9.25. The number of aromatic nitrogens is 1. The van der Waals surface area contributed by atoms with Crippen molar-refractivity contribution in [2.45, 2.75) is 9.79 Å². The summed E-state index contributed by atoms with van der Waals surface area (Å²) in [4.78, 5) is 17.0. The van der Waals surface area contributed by atoms with Crippen LogP contribution in [0, 0.1) is 5.82 Å². The van der Waals surface area contributed by atoms with E-state index in [0.29, 0.717) is 15.1 Å². The van der Waals surface area contributed by atoms with Crippen molar-refractivity contribution in [1.82, 2.24) is 4.98 Å². The number of hydrogen-bond donors (Lipinski definition) is 1. The average molecular weight is 450 g/mol. The van der Waals surface area contributed by atoms with Gasteiger partial charge in [0.05, 0.1) is 11.6 Å². The normalized spacial score (nSPS) is 10.5. The second-order valence-electron chi connectivity index (χ2n) is 5.28. The van der Waals surface area contributed by atoms with Gasteiger partial charge in [0.2, 0.25) is 0 Å². The number of methoxy groups -OCH3 is 1. The molecule has 0 spiro atoms. The second-order valence-corrected chi connectivity index (χ2v) is 7.28. The van der Waals surface area contributed by atoms with Crippen LogP contribution in [0.1, 0.15) is 10.5 Å². The highest BCUT2D eigenvalue weighted by Gasteiger charge is 2.17. The first-order chi connectivity index (χ1) is 13.0. The van der Waals surface area contributed by atoms with Gasteiger partial charge in [0.25, 0.3) is 0 Å². The summed E-state index contributed by atoms with van der Waals surface area (Å²) in [5.74, 6) is -0.608. The minimum absolute atomic E-state index is 0.0581. The predicted octanol–water partition coefficient (Wildman–Crippen LogP) is 5.63. The number of hydrogen-bond acceptors (Lipinski definition) is 5. The Morgan fingerprint density at radius 1 is 1.15 bits per heavy atom. The first kappa shape index (κ1) is 19.2. The van der Waals surface area contributed by atoms with Crippen LogP contribution in [0.4, 0.5) is 4.39 Å². The number of nitrogens with zero attached hydrogens (tertiary/aromatic N) is 1. The van der Waals surface area contributed by atoms with Gasteiger partial charge in [-0.2, -0.15) is 0 Å². The van der Waals surface area contributed by atoms with Crippen molar-refractivity contribution >= 4 is 33.7 Å². The van der Waals surface area contributed by atoms with Gasteiger partial charge in [-0.3, -0.25) is 0 Å². The minimum atomic E-state index is -1.22. The van der Waals surface area contributed by atoms with Gasteiger partial charge in [0.15, 0.2) is 11.4 Å². The van der Waals surface area contributed by atoms with Crippen molar-refractivity contribution in [3.63, 3.8) is 0 Å². The maximum atomic E-state index is 13.3. The Balaban J connectivity index is 1.93. The number of carbonyl (C=O) groups is 1. The maximum absolute atomic E-state index is 13.3. The fraction of sp³-hybridized carbons (Fsp3) is 0.0526. The average Bonchev–Trinajstić information content (AvgIpc) is 2.64. The van der Waals surface area contributed by atoms with Crippen molar-refractivity contribution < 1.29 is 23.8 Å². The lowest BCUT2D eigenvalue weighted by Crippen LogP contribution is -2.03. The standard InChI is InChI=1S/C19H13BrFNO4S/c1-25-12-3-2-4-13(8-12)27-14-9-17(18(19(23)24)22-10-14)26-16-6-5-11(21)7-15(16)20/h2-10H,1H3,(H,23,24). The summed E-state index contributed by atoms with van der Waals surface area (Å²) < 4.78 is 24.5. The van der Waals surface area contributed by atoms with E-state index in [1.54, 1.807) is 13.2 Å². The Morgan fingerprint density at radius 3 is 2.67 bits per heavy atom. The molecule has 0 amide bonds. The highest BCUT2D eigenvalue weighted by atomic mass is 79.9. The van der Waals surface area contributed by atoms with Crippen molar-refractivity contribution in [2.24, 2.45) is 0 Å². The fourth-order valence-corrected chi connectivity index (χ4v) is 3.50. The van der Waals surface area contributed by atoms with E-state index in [0.717, 1.165) is 4.90 Å². The topological polar surface area (TPSA) is 68.7 Å². The van der Waals surface area contributed by atoms with Crippen molar-refractivity contribution in [3.8, 4) is 17.2 Å². The molecular formula is C19H13BrFNO4S. The van der Waals surface area contributed by atoms with Crippen LogP contribution in [0.25, 0.3) is 0 Å². The van der Waals surface area contributed by atoms with Gasteiger partial charge in [0, 0.05) is 16.0 Å². The van der Waals surface area contributed by atoms with E-state index >= 15 is 0 Å². The van der Waals surface area contributed by atoms with Crippen LogP contribution < -0.4 is 9.47 Å². The summed E-state index contributed by atoms with van der Waals surface area (Å²) >= 11 is 4.58. The molecule has 0 bridgehead atoms. The highest BCUT2D eigenvalue weighted by molar-refractivity contribution is 9.10. The molecule has 1 N–H and O–H groups in total. The van der Waals surface area contributed by atoms with Crippen LogP contribution >= 0.6 is 27.7 Å². The number of ether oxygens (including phenoxy) is 2. The summed E-state index contributed by atoms with van der Waals surface area (Å²) in [6.07, 6.45) is 1.46. The number of carboxylic acid groups (broad SMARTS) is 1. The van der Waals surface area contributed by atoms with Crippen LogP contribution in [0.15, 0.2) is 69.0 Å². The SMILES string of the molecule is COc1cccc(Sc2cnc(C(=O)O)c(Oc3ccc(F)cc3Br)c2)c1. The molecular weight excluding hydrogens is 437 g/mol. The lowest BCUT2D eigenvalue weighted by Gasteiger charge is -2.11. The Morgan fingerprint density at radius 2 is 1.96 bits per heavy atom. The van der Waals surface area contributed by atoms with E-state index in [4.69, 9.17) is 9.47 Å². The number of pyridine rings is 1. The van der Waals surface area contributed by atoms with Gasteiger partial charge in [-0.05, 0) is 58.4 Å². The summed E-state index contributed by atoms with van der Waals surface area (Å²) in [5.41, 5.74) is -0.235. The van der Waals surface area contributed by atoms with Gasteiger partial charge in [-0.15, -0.1) is 0 Å². The molecule has 0 atom stereocenters. The van der Waals surface area contributed by atoms with Gasteiger partial charge in [-0.25, -0.2) is 14.2 Å². The molecule has 1 aromatic heterocycles. The van der Waals surface area contributed by atoms with Crippen LogP contribution in [-0.4, -0.2) is 23.2 Å². The molecule has 8 heteroatoms. The van der Waals surface area contributed by atoms with E-state index in [1.165, 1.54) is 36.2 Å². The monoisotopic (exact) mass is 449 g/mol. The van der Waals surface area contributed by atoms with Crippen molar-refractivity contribution in [1.29, 1.82) is 0 Å². The zero-order valence-electron chi connectivity index (χ0n) is 14.0. The zero-order valence-corrected chi connectivity index (χ0v) is 16.4. The largest absolute Gasteiger partial charge is 0.497 e. The number of rotatable bonds is 6. The third-order valence-corrected chi connectivity index (χ3v) is 4.99. The summed E-state index contributed by atoms with van der Waals surface area (Å²) in [5, 5.41) is 9.37. The highest BCUT2D eigenvalue weighted by Crippen LogP contribution is 2.36. The van der Waals surface area contributed by atoms with Crippen LogP contribution in [0.5, 0.6) is 17.2 Å². The van der Waals surface area contributed by atoms with Gasteiger partial charge in [-0.1, -0.05) is 17.8 Å². The van der Waals surface area contributed by atoms with Crippen molar-refractivity contribution in [2.75, 3.05) is 7.11 Å². The molecule has 0 unspecified atom stereocenters. The quantitative estimate of drug-likeness (QED) is 0.525. The fourth-order valence-electron chi connectivity index (χ4n) is 2.20. The number of carboxylic acids is 1. The molecule has 138 valence electrons. The molecule has 0 aliphatic heterocycles. The molecule has 3 rings (SSSR count). The zero-order chi connectivity index (χ0) is 19.4. The molecule has 27 heavy (non-hydrogen) atoms. The molecule has 0 aliphatic carbocycles. The Hall–Kier alpha value is -2.58. The minimum Gasteiger partial charge on any atom is -0.497 e. The summed E-state index contributed by atoms with van der Waals surface area (Å²) in [7, 11) is 1.58. The van der Waals surface area contributed by atoms with Crippen molar-refractivity contribution in [3.05, 3.63) is 70.7 Å². The third-order valence-electron chi connectivity index (χ3n) is 3.42. The molecule has 0 saturated carbocycles. The lowest BCUT2D eigenvalue weighted by molar-refractivity contribution is 0.0687. The Bertz CT molecular complexity index is 999. The van der Waals surface area contributed by atoms with E-state index in [2.05, 4.69) is 20.9 Å². The van der Waals surface area contributed by atoms with Gasteiger partial charge in [0.1, 0.15) is 17.3 Å². The number of benzene rings is 2. The molecule has 3 aromatic rings. The predicted molar refractivity (Wildman–Crippen MR) is 102 cm³/mol. The molecule has 0 saturated heterocycles. The summed E-state index contributed by atoms with van der Waals surface area (Å²) in [6, 6.07) is 12.9.